The lowest BCUT2D eigenvalue weighted by molar-refractivity contribution is -0.115. The van der Waals surface area contributed by atoms with Crippen LogP contribution in [0.5, 0.6) is 5.75 Å². The third-order valence-electron chi connectivity index (χ3n) is 4.88. The van der Waals surface area contributed by atoms with Gasteiger partial charge in [0.15, 0.2) is 0 Å². The Morgan fingerprint density at radius 2 is 1.88 bits per heavy atom. The second kappa shape index (κ2) is 8.80. The molecular formula is C23H21FN4O3S. The molecule has 0 radical (unpaired) electrons. The Labute approximate surface area is 187 Å². The first-order chi connectivity index (χ1) is 15.4. The minimum atomic E-state index is -0.364. The van der Waals surface area contributed by atoms with Crippen molar-refractivity contribution in [3.05, 3.63) is 70.5 Å². The van der Waals surface area contributed by atoms with Gasteiger partial charge in [-0.25, -0.2) is 9.07 Å². The average molecular weight is 453 g/mol. The summed E-state index contributed by atoms with van der Waals surface area (Å²) in [7, 11) is 1.53. The van der Waals surface area contributed by atoms with Crippen LogP contribution in [0.2, 0.25) is 0 Å². The van der Waals surface area contributed by atoms with Gasteiger partial charge in [0.1, 0.15) is 16.4 Å². The highest BCUT2D eigenvalue weighted by Gasteiger charge is 2.18. The van der Waals surface area contributed by atoms with Crippen LogP contribution >= 0.6 is 11.3 Å². The van der Waals surface area contributed by atoms with Crippen LogP contribution in [0.15, 0.2) is 48.5 Å². The predicted octanol–water partition coefficient (Wildman–Crippen LogP) is 4.22. The molecule has 0 spiro atoms. The highest BCUT2D eigenvalue weighted by Crippen LogP contribution is 2.30. The number of hydrogen-bond acceptors (Lipinski definition) is 5. The number of methoxy groups -OCH3 is 1. The van der Waals surface area contributed by atoms with Crippen molar-refractivity contribution in [1.29, 1.82) is 0 Å². The minimum absolute atomic E-state index is 0.187. The van der Waals surface area contributed by atoms with Gasteiger partial charge in [-0.05, 0) is 61.9 Å². The first kappa shape index (κ1) is 21.5. The molecule has 0 fully saturated rings. The maximum atomic E-state index is 13.3. The molecular weight excluding hydrogens is 431 g/mol. The fourth-order valence-electron chi connectivity index (χ4n) is 3.28. The van der Waals surface area contributed by atoms with Gasteiger partial charge in [0.05, 0.1) is 35.6 Å². The molecule has 0 aliphatic heterocycles. The number of halogens is 1. The number of thiophene rings is 1. The number of nitrogens with zero attached hydrogens (tertiary/aromatic N) is 2. The van der Waals surface area contributed by atoms with Crippen molar-refractivity contribution >= 4 is 39.1 Å². The molecule has 4 rings (SSSR count). The fourth-order valence-corrected chi connectivity index (χ4v) is 4.38. The van der Waals surface area contributed by atoms with Gasteiger partial charge in [-0.3, -0.25) is 9.59 Å². The van der Waals surface area contributed by atoms with Crippen molar-refractivity contribution in [3.8, 4) is 11.4 Å². The Morgan fingerprint density at radius 1 is 1.12 bits per heavy atom. The van der Waals surface area contributed by atoms with Crippen molar-refractivity contribution in [3.63, 3.8) is 0 Å². The smallest absolute Gasteiger partial charge is 0.261 e. The number of carbonyl (C=O) groups excluding carboxylic acids is 2. The highest BCUT2D eigenvalue weighted by atomic mass is 32.1. The second-order valence-electron chi connectivity index (χ2n) is 7.24. The number of fused-ring (bicyclic) bond motifs is 1. The number of nitrogens with one attached hydrogen (secondary N) is 2. The highest BCUT2D eigenvalue weighted by molar-refractivity contribution is 7.20. The van der Waals surface area contributed by atoms with Gasteiger partial charge >= 0.3 is 0 Å². The Hall–Kier alpha value is -3.72. The molecule has 2 N–H and O–H groups in total. The zero-order chi connectivity index (χ0) is 22.8. The van der Waals surface area contributed by atoms with E-state index >= 15 is 0 Å². The van der Waals surface area contributed by atoms with Gasteiger partial charge in [0.2, 0.25) is 5.91 Å². The molecule has 164 valence electrons. The van der Waals surface area contributed by atoms with Crippen molar-refractivity contribution < 1.29 is 18.7 Å². The molecule has 2 amide bonds. The van der Waals surface area contributed by atoms with Crippen molar-refractivity contribution in [1.82, 2.24) is 15.1 Å². The lowest BCUT2D eigenvalue weighted by atomic mass is 10.2. The molecule has 2 aromatic heterocycles. The molecule has 7 nitrogen and oxygen atoms in total. The summed E-state index contributed by atoms with van der Waals surface area (Å²) in [4.78, 5) is 26.2. The van der Waals surface area contributed by atoms with Crippen LogP contribution in [0, 0.1) is 19.7 Å². The average Bonchev–Trinajstić information content (AvgIpc) is 3.34. The largest absolute Gasteiger partial charge is 0.495 e. The number of amides is 2. The molecule has 9 heteroatoms. The summed E-state index contributed by atoms with van der Waals surface area (Å²) >= 11 is 1.26. The summed E-state index contributed by atoms with van der Waals surface area (Å²) in [6, 6.07) is 13.2. The molecule has 0 bridgehead atoms. The van der Waals surface area contributed by atoms with E-state index in [-0.39, 0.29) is 24.2 Å². The number of ether oxygens (including phenoxy) is 1. The standard InChI is InChI=1S/C23H21FN4O3S/c1-13-4-9-19(31-3)18(10-13)26-21(29)12-25-22(30)20-11-17-14(2)27-28(23(17)32-20)16-7-5-15(24)6-8-16/h4-11H,12H2,1-3H3,(H,25,30)(H,26,29). The van der Waals surface area contributed by atoms with Crippen molar-refractivity contribution in [2.75, 3.05) is 19.0 Å². The number of aromatic nitrogens is 2. The van der Waals surface area contributed by atoms with Crippen molar-refractivity contribution in [2.45, 2.75) is 13.8 Å². The van der Waals surface area contributed by atoms with Gasteiger partial charge in [0.25, 0.3) is 5.91 Å². The number of benzene rings is 2. The number of aryl methyl sites for hydroxylation is 2. The van der Waals surface area contributed by atoms with Gasteiger partial charge in [0, 0.05) is 5.39 Å². The molecule has 2 heterocycles. The van der Waals surface area contributed by atoms with E-state index in [1.807, 2.05) is 19.9 Å². The number of rotatable bonds is 6. The van der Waals surface area contributed by atoms with Crippen LogP contribution in [0.1, 0.15) is 20.9 Å². The molecule has 0 aliphatic rings. The molecule has 0 saturated heterocycles. The van der Waals surface area contributed by atoms with E-state index in [0.29, 0.717) is 22.0 Å². The third-order valence-corrected chi connectivity index (χ3v) is 5.99. The molecule has 2 aromatic carbocycles. The zero-order valence-corrected chi connectivity index (χ0v) is 18.5. The summed E-state index contributed by atoms with van der Waals surface area (Å²) in [5.41, 5.74) is 2.97. The topological polar surface area (TPSA) is 85.2 Å². The van der Waals surface area contributed by atoms with E-state index < -0.39 is 0 Å². The van der Waals surface area contributed by atoms with E-state index in [0.717, 1.165) is 21.5 Å². The third kappa shape index (κ3) is 4.33. The quantitative estimate of drug-likeness (QED) is 0.459. The van der Waals surface area contributed by atoms with Crippen LogP contribution in [-0.4, -0.2) is 35.2 Å². The summed E-state index contributed by atoms with van der Waals surface area (Å²) in [6.07, 6.45) is 0. The molecule has 32 heavy (non-hydrogen) atoms. The Balaban J connectivity index is 1.47. The summed E-state index contributed by atoms with van der Waals surface area (Å²) in [5.74, 6) is -0.512. The normalized spacial score (nSPS) is 10.9. The summed E-state index contributed by atoms with van der Waals surface area (Å²) in [6.45, 7) is 3.57. The number of carbonyl (C=O) groups is 2. The van der Waals surface area contributed by atoms with Crippen LogP contribution in [0.3, 0.4) is 0 Å². The van der Waals surface area contributed by atoms with E-state index in [9.17, 15) is 14.0 Å². The predicted molar refractivity (Wildman–Crippen MR) is 122 cm³/mol. The van der Waals surface area contributed by atoms with Crippen LogP contribution in [0.25, 0.3) is 15.9 Å². The first-order valence-electron chi connectivity index (χ1n) is 9.83. The maximum Gasteiger partial charge on any atom is 0.261 e. The molecule has 0 saturated carbocycles. The maximum absolute atomic E-state index is 13.3. The lowest BCUT2D eigenvalue weighted by Gasteiger charge is -2.11. The molecule has 0 unspecified atom stereocenters. The van der Waals surface area contributed by atoms with Crippen LogP contribution < -0.4 is 15.4 Å². The SMILES string of the molecule is COc1ccc(C)cc1NC(=O)CNC(=O)c1cc2c(C)nn(-c3ccc(F)cc3)c2s1. The van der Waals surface area contributed by atoms with E-state index in [4.69, 9.17) is 4.74 Å². The summed E-state index contributed by atoms with van der Waals surface area (Å²) in [5, 5.41) is 10.7. The Bertz CT molecular complexity index is 1310. The number of hydrogen-bond donors (Lipinski definition) is 2. The van der Waals surface area contributed by atoms with Crippen molar-refractivity contribution in [2.24, 2.45) is 0 Å². The van der Waals surface area contributed by atoms with E-state index in [1.54, 1.807) is 35.0 Å². The molecule has 0 aliphatic carbocycles. The first-order valence-corrected chi connectivity index (χ1v) is 10.6. The van der Waals surface area contributed by atoms with Gasteiger partial charge in [-0.15, -0.1) is 11.3 Å². The van der Waals surface area contributed by atoms with Gasteiger partial charge in [-0.2, -0.15) is 5.10 Å². The van der Waals surface area contributed by atoms with Crippen LogP contribution in [-0.2, 0) is 4.79 Å². The Morgan fingerprint density at radius 3 is 2.59 bits per heavy atom. The Kier molecular flexibility index (Phi) is 5.91. The van der Waals surface area contributed by atoms with Gasteiger partial charge < -0.3 is 15.4 Å². The fraction of sp³-hybridized carbons (Fsp3) is 0.174. The minimum Gasteiger partial charge on any atom is -0.495 e. The van der Waals surface area contributed by atoms with Gasteiger partial charge in [-0.1, -0.05) is 6.07 Å². The lowest BCUT2D eigenvalue weighted by Crippen LogP contribution is -2.32. The zero-order valence-electron chi connectivity index (χ0n) is 17.7. The van der Waals surface area contributed by atoms with E-state index in [2.05, 4.69) is 15.7 Å². The van der Waals surface area contributed by atoms with Crippen LogP contribution in [0.4, 0.5) is 10.1 Å². The molecule has 4 aromatic rings. The van der Waals surface area contributed by atoms with E-state index in [1.165, 1.54) is 30.6 Å². The monoisotopic (exact) mass is 452 g/mol. The summed E-state index contributed by atoms with van der Waals surface area (Å²) < 4.78 is 20.2. The second-order valence-corrected chi connectivity index (χ2v) is 8.27. The number of anilines is 1. The molecule has 0 atom stereocenters.